The van der Waals surface area contributed by atoms with Crippen LogP contribution in [0, 0.1) is 5.82 Å². The van der Waals surface area contributed by atoms with Crippen molar-refractivity contribution in [2.75, 3.05) is 37.4 Å². The molecule has 4 N–H and O–H groups in total. The van der Waals surface area contributed by atoms with E-state index < -0.39 is 52.7 Å². The summed E-state index contributed by atoms with van der Waals surface area (Å²) in [7, 11) is 1.32. The van der Waals surface area contributed by atoms with E-state index in [4.69, 9.17) is 10.5 Å². The number of hydrogen-bond acceptors (Lipinski definition) is 6. The van der Waals surface area contributed by atoms with E-state index in [1.54, 1.807) is 18.2 Å². The molecule has 0 saturated carbocycles. The number of fused-ring (bicyclic) bond motifs is 1. The zero-order valence-electron chi connectivity index (χ0n) is 24.3. The molecule has 3 aromatic carbocycles. The fourth-order valence-corrected chi connectivity index (χ4v) is 6.46. The molecule has 3 amide bonds. The van der Waals surface area contributed by atoms with Crippen molar-refractivity contribution in [3.05, 3.63) is 87.5 Å². The van der Waals surface area contributed by atoms with Crippen LogP contribution in [-0.2, 0) is 17.1 Å². The largest absolute Gasteiger partial charge is 0.496 e. The van der Waals surface area contributed by atoms with E-state index in [0.717, 1.165) is 29.8 Å². The zero-order chi connectivity index (χ0) is 34.3. The lowest BCUT2D eigenvalue weighted by Crippen LogP contribution is -2.31. The summed E-state index contributed by atoms with van der Waals surface area (Å²) in [5, 5.41) is 4.86. The second kappa shape index (κ2) is 12.8. The molecule has 0 spiro atoms. The quantitative estimate of drug-likeness (QED) is 0.176. The average molecular weight is 683 g/mol. The van der Waals surface area contributed by atoms with E-state index in [-0.39, 0.29) is 44.4 Å². The van der Waals surface area contributed by atoms with Gasteiger partial charge in [0, 0.05) is 22.3 Å². The number of ether oxygens (including phenoxy) is 1. The second-order valence-electron chi connectivity index (χ2n) is 10.8. The van der Waals surface area contributed by atoms with Crippen molar-refractivity contribution in [1.29, 1.82) is 0 Å². The van der Waals surface area contributed by atoms with Crippen molar-refractivity contribution >= 4 is 50.5 Å². The van der Waals surface area contributed by atoms with Gasteiger partial charge >= 0.3 is 12.4 Å². The number of alkyl halides is 6. The van der Waals surface area contributed by atoms with Gasteiger partial charge in [-0.1, -0.05) is 12.1 Å². The van der Waals surface area contributed by atoms with E-state index in [1.807, 2.05) is 4.90 Å². The predicted octanol–water partition coefficient (Wildman–Crippen LogP) is 6.87. The van der Waals surface area contributed by atoms with Crippen LogP contribution < -0.4 is 21.1 Å². The van der Waals surface area contributed by atoms with Gasteiger partial charge < -0.3 is 21.1 Å². The first-order valence-electron chi connectivity index (χ1n) is 13.9. The molecule has 1 unspecified atom stereocenters. The van der Waals surface area contributed by atoms with Gasteiger partial charge in [0.25, 0.3) is 11.8 Å². The Morgan fingerprint density at radius 2 is 1.70 bits per heavy atom. The second-order valence-corrected chi connectivity index (χ2v) is 11.8. The normalized spacial score (nSPS) is 15.5. The molecule has 1 aromatic heterocycles. The van der Waals surface area contributed by atoms with Crippen molar-refractivity contribution in [2.24, 2.45) is 5.73 Å². The molecule has 47 heavy (non-hydrogen) atoms. The van der Waals surface area contributed by atoms with Gasteiger partial charge in [0.2, 0.25) is 5.91 Å². The Kier molecular flexibility index (Phi) is 9.19. The highest BCUT2D eigenvalue weighted by atomic mass is 32.1. The van der Waals surface area contributed by atoms with Crippen molar-refractivity contribution in [3.63, 3.8) is 0 Å². The molecule has 1 aliphatic rings. The maximum absolute atomic E-state index is 13.8. The molecule has 1 aliphatic heterocycles. The number of benzene rings is 3. The van der Waals surface area contributed by atoms with Gasteiger partial charge in [0.1, 0.15) is 16.4 Å². The lowest BCUT2D eigenvalue weighted by molar-refractivity contribution is -0.140. The molecule has 0 aliphatic carbocycles. The number of primary amides is 1. The minimum absolute atomic E-state index is 0.0318. The lowest BCUT2D eigenvalue weighted by atomic mass is 9.96. The van der Waals surface area contributed by atoms with Gasteiger partial charge in [-0.05, 0) is 66.9 Å². The number of methoxy groups -OCH3 is 1. The van der Waals surface area contributed by atoms with Gasteiger partial charge in [-0.3, -0.25) is 19.3 Å². The number of rotatable bonds is 8. The third-order valence-corrected chi connectivity index (χ3v) is 8.73. The first kappa shape index (κ1) is 33.7. The van der Waals surface area contributed by atoms with Gasteiger partial charge in [-0.25, -0.2) is 4.39 Å². The van der Waals surface area contributed by atoms with Crippen LogP contribution in [0.4, 0.5) is 42.1 Å². The first-order chi connectivity index (χ1) is 22.0. The van der Waals surface area contributed by atoms with E-state index in [2.05, 4.69) is 10.6 Å². The van der Waals surface area contributed by atoms with Crippen LogP contribution in [0.3, 0.4) is 0 Å². The Morgan fingerprint density at radius 1 is 0.957 bits per heavy atom. The fourth-order valence-electron chi connectivity index (χ4n) is 5.37. The van der Waals surface area contributed by atoms with E-state index in [9.17, 15) is 45.1 Å². The number of carbonyl (C=O) groups is 3. The third kappa shape index (κ3) is 7.33. The van der Waals surface area contributed by atoms with Crippen LogP contribution in [0.25, 0.3) is 10.1 Å². The summed E-state index contributed by atoms with van der Waals surface area (Å²) >= 11 is 0.573. The zero-order valence-corrected chi connectivity index (χ0v) is 25.1. The van der Waals surface area contributed by atoms with Crippen molar-refractivity contribution < 1.29 is 49.9 Å². The van der Waals surface area contributed by atoms with Crippen LogP contribution in [0.5, 0.6) is 5.75 Å². The summed E-state index contributed by atoms with van der Waals surface area (Å²) in [4.78, 5) is 40.0. The van der Waals surface area contributed by atoms with Gasteiger partial charge in [0.15, 0.2) is 0 Å². The molecule has 248 valence electrons. The van der Waals surface area contributed by atoms with E-state index in [0.29, 0.717) is 43.0 Å². The minimum atomic E-state index is -5.07. The van der Waals surface area contributed by atoms with Gasteiger partial charge in [-0.2, -0.15) is 26.3 Å². The SMILES string of the molecule is COc1ccc(C2CCN(CC(N)=O)C2)cc1C(=O)Nc1c(C(=O)Nc2ccc(F)c(C(F)(F)F)c2)sc2cc(C(F)(F)F)ccc12. The molecular weight excluding hydrogens is 657 g/mol. The van der Waals surface area contributed by atoms with E-state index >= 15 is 0 Å². The highest BCUT2D eigenvalue weighted by Crippen LogP contribution is 2.41. The van der Waals surface area contributed by atoms with Gasteiger partial charge in [-0.15, -0.1) is 11.3 Å². The molecule has 0 bridgehead atoms. The summed E-state index contributed by atoms with van der Waals surface area (Å²) in [5.41, 5.74) is 2.78. The number of anilines is 2. The molecule has 1 saturated heterocycles. The molecule has 8 nitrogen and oxygen atoms in total. The topological polar surface area (TPSA) is 114 Å². The van der Waals surface area contributed by atoms with Crippen LogP contribution in [-0.4, -0.2) is 49.4 Å². The maximum atomic E-state index is 13.8. The number of likely N-dealkylation sites (tertiary alicyclic amines) is 1. The Labute approximate surface area is 266 Å². The van der Waals surface area contributed by atoms with E-state index in [1.165, 1.54) is 7.11 Å². The van der Waals surface area contributed by atoms with Crippen LogP contribution >= 0.6 is 11.3 Å². The number of thiophene rings is 1. The Balaban J connectivity index is 1.51. The number of nitrogens with zero attached hydrogens (tertiary/aromatic N) is 1. The number of hydrogen-bond donors (Lipinski definition) is 3. The fraction of sp³-hybridized carbons (Fsp3) is 0.258. The Bertz CT molecular complexity index is 1870. The third-order valence-electron chi connectivity index (χ3n) is 7.58. The molecule has 1 atom stereocenters. The van der Waals surface area contributed by atoms with Crippen molar-refractivity contribution in [1.82, 2.24) is 4.90 Å². The maximum Gasteiger partial charge on any atom is 0.419 e. The molecule has 2 heterocycles. The summed E-state index contributed by atoms with van der Waals surface area (Å²) in [6.07, 6.45) is -9.13. The smallest absolute Gasteiger partial charge is 0.419 e. The first-order valence-corrected chi connectivity index (χ1v) is 14.7. The highest BCUT2D eigenvalue weighted by molar-refractivity contribution is 7.21. The molecule has 0 radical (unpaired) electrons. The highest BCUT2D eigenvalue weighted by Gasteiger charge is 2.35. The van der Waals surface area contributed by atoms with Crippen LogP contribution in [0.1, 0.15) is 49.1 Å². The van der Waals surface area contributed by atoms with Crippen molar-refractivity contribution in [3.8, 4) is 5.75 Å². The Morgan fingerprint density at radius 3 is 2.36 bits per heavy atom. The molecular formula is C31H25F7N4O4S. The Hall–Kier alpha value is -4.70. The van der Waals surface area contributed by atoms with Gasteiger partial charge in [0.05, 0.1) is 36.0 Å². The number of nitrogens with two attached hydrogens (primary N) is 1. The number of carbonyl (C=O) groups excluding carboxylic acids is 3. The average Bonchev–Trinajstić information content (AvgIpc) is 3.60. The summed E-state index contributed by atoms with van der Waals surface area (Å²) in [5.74, 6) is -3.81. The standard InChI is InChI=1S/C31H25F7N4O4S/c1-46-23-7-2-15(16-8-9-42(13-16)14-25(39)43)10-20(23)28(44)41-26-19-5-3-17(30(33,34)35)11-24(19)47-27(26)29(45)40-18-4-6-22(32)21(12-18)31(36,37)38/h2-7,10-12,16H,8-9,13-14H2,1H3,(H2,39,43)(H,40,45)(H,41,44). The molecule has 16 heteroatoms. The predicted molar refractivity (Wildman–Crippen MR) is 160 cm³/mol. The number of amides is 3. The van der Waals surface area contributed by atoms with Crippen molar-refractivity contribution in [2.45, 2.75) is 24.7 Å². The molecule has 4 aromatic rings. The van der Waals surface area contributed by atoms with Crippen LogP contribution in [0.2, 0.25) is 0 Å². The monoisotopic (exact) mass is 682 g/mol. The summed E-state index contributed by atoms with van der Waals surface area (Å²) in [6, 6.07) is 9.28. The minimum Gasteiger partial charge on any atom is -0.496 e. The molecule has 1 fully saturated rings. The summed E-state index contributed by atoms with van der Waals surface area (Å²) < 4.78 is 99.4. The lowest BCUT2D eigenvalue weighted by Gasteiger charge is -2.16. The summed E-state index contributed by atoms with van der Waals surface area (Å²) in [6.45, 7) is 1.16. The molecule has 5 rings (SSSR count). The van der Waals surface area contributed by atoms with Crippen LogP contribution in [0.15, 0.2) is 54.6 Å². The number of nitrogens with one attached hydrogen (secondary N) is 2. The number of halogens is 7.